The van der Waals surface area contributed by atoms with Gasteiger partial charge in [-0.3, -0.25) is 14.4 Å². The maximum atomic E-state index is 13.3. The lowest BCUT2D eigenvalue weighted by molar-refractivity contribution is -0.152. The number of carbonyl (C=O) groups is 3. The van der Waals surface area contributed by atoms with Crippen molar-refractivity contribution >= 4 is 29.1 Å². The second-order valence-electron chi connectivity index (χ2n) is 9.09. The maximum absolute atomic E-state index is 13.3. The second kappa shape index (κ2) is 11.9. The van der Waals surface area contributed by atoms with E-state index in [1.54, 1.807) is 54.6 Å². The summed E-state index contributed by atoms with van der Waals surface area (Å²) in [5.41, 5.74) is 7.08. The highest BCUT2D eigenvalue weighted by atomic mass is 19.4. The average molecular weight is 557 g/mol. The van der Waals surface area contributed by atoms with E-state index in [0.717, 1.165) is 0 Å². The summed E-state index contributed by atoms with van der Waals surface area (Å²) in [5, 5.41) is 2.27. The smallest absolute Gasteiger partial charge is 0.369 e. The number of fused-ring (bicyclic) bond motifs is 1. The summed E-state index contributed by atoms with van der Waals surface area (Å²) < 4.78 is 77.7. The van der Waals surface area contributed by atoms with Crippen LogP contribution in [0.2, 0.25) is 0 Å². The zero-order chi connectivity index (χ0) is 29.0. The van der Waals surface area contributed by atoms with Crippen LogP contribution in [0.5, 0.6) is 0 Å². The predicted octanol–water partition coefficient (Wildman–Crippen LogP) is 4.35. The summed E-state index contributed by atoms with van der Waals surface area (Å²) in [6, 6.07) is 15.3. The van der Waals surface area contributed by atoms with E-state index >= 15 is 0 Å². The van der Waals surface area contributed by atoms with Gasteiger partial charge in [-0.2, -0.15) is 26.3 Å². The summed E-state index contributed by atoms with van der Waals surface area (Å²) in [5.74, 6) is -7.08. The molecule has 0 aliphatic carbocycles. The maximum Gasteiger partial charge on any atom is 0.389 e. The molecule has 1 heterocycles. The molecule has 7 nitrogen and oxygen atoms in total. The Bertz CT molecular complexity index is 1230. The summed E-state index contributed by atoms with van der Waals surface area (Å²) in [7, 11) is 1.42. The molecule has 210 valence electrons. The minimum absolute atomic E-state index is 0.296. The first-order valence-corrected chi connectivity index (χ1v) is 11.9. The highest BCUT2D eigenvalue weighted by molar-refractivity contribution is 6.20. The molecule has 0 spiro atoms. The number of para-hydroxylation sites is 1. The third-order valence-electron chi connectivity index (χ3n) is 6.33. The lowest BCUT2D eigenvalue weighted by Crippen LogP contribution is -2.50. The number of alkyl halides is 6. The number of aliphatic imine (C=N–C) groups is 1. The van der Waals surface area contributed by atoms with E-state index < -0.39 is 73.8 Å². The molecule has 13 heteroatoms. The second-order valence-corrected chi connectivity index (χ2v) is 9.09. The van der Waals surface area contributed by atoms with Crippen molar-refractivity contribution in [1.82, 2.24) is 5.32 Å². The zero-order valence-corrected chi connectivity index (χ0v) is 20.7. The largest absolute Gasteiger partial charge is 0.389 e. The van der Waals surface area contributed by atoms with Gasteiger partial charge < -0.3 is 16.0 Å². The average Bonchev–Trinajstić information content (AvgIpc) is 2.95. The van der Waals surface area contributed by atoms with Gasteiger partial charge in [-0.1, -0.05) is 48.5 Å². The summed E-state index contributed by atoms with van der Waals surface area (Å²) in [6.45, 7) is 0. The van der Waals surface area contributed by atoms with Crippen LogP contribution in [0.15, 0.2) is 59.6 Å². The van der Waals surface area contributed by atoms with Gasteiger partial charge in [-0.25, -0.2) is 4.99 Å². The highest BCUT2D eigenvalue weighted by Gasteiger charge is 2.41. The van der Waals surface area contributed by atoms with Crippen molar-refractivity contribution in [1.29, 1.82) is 0 Å². The Balaban J connectivity index is 2.00. The molecule has 3 N–H and O–H groups in total. The third kappa shape index (κ3) is 7.80. The van der Waals surface area contributed by atoms with Crippen molar-refractivity contribution in [2.75, 3.05) is 11.9 Å². The number of primary amides is 1. The molecule has 0 saturated heterocycles. The molecule has 1 aliphatic heterocycles. The lowest BCUT2D eigenvalue weighted by atomic mass is 9.83. The van der Waals surface area contributed by atoms with E-state index in [1.165, 1.54) is 11.9 Å². The third-order valence-corrected chi connectivity index (χ3v) is 6.33. The van der Waals surface area contributed by atoms with Gasteiger partial charge in [0.15, 0.2) is 0 Å². The van der Waals surface area contributed by atoms with E-state index in [9.17, 15) is 40.7 Å². The Morgan fingerprint density at radius 3 is 2.03 bits per heavy atom. The number of rotatable bonds is 9. The van der Waals surface area contributed by atoms with Crippen molar-refractivity contribution in [2.24, 2.45) is 22.6 Å². The van der Waals surface area contributed by atoms with Crippen molar-refractivity contribution in [3.8, 4) is 0 Å². The Labute approximate surface area is 220 Å². The number of nitrogens with two attached hydrogens (primary N) is 1. The van der Waals surface area contributed by atoms with Crippen molar-refractivity contribution in [2.45, 2.75) is 44.2 Å². The molecule has 1 aliphatic rings. The van der Waals surface area contributed by atoms with Crippen molar-refractivity contribution in [3.63, 3.8) is 0 Å². The normalized spacial score (nSPS) is 17.5. The topological polar surface area (TPSA) is 105 Å². The fraction of sp³-hybridized carbons (Fsp3) is 0.385. The summed E-state index contributed by atoms with van der Waals surface area (Å²) in [4.78, 5) is 44.2. The van der Waals surface area contributed by atoms with E-state index in [4.69, 9.17) is 5.73 Å². The van der Waals surface area contributed by atoms with Crippen LogP contribution in [0.25, 0.3) is 0 Å². The molecule has 2 aromatic carbocycles. The summed E-state index contributed by atoms with van der Waals surface area (Å²) in [6.07, 6.45) is -16.2. The number of hydrogen-bond acceptors (Lipinski definition) is 4. The number of likely N-dealkylation sites (N-methyl/N-ethyl adjacent to an activating group) is 1. The monoisotopic (exact) mass is 556 g/mol. The number of anilines is 1. The van der Waals surface area contributed by atoms with E-state index in [-0.39, 0.29) is 0 Å². The molecule has 0 bridgehead atoms. The molecule has 3 atom stereocenters. The fourth-order valence-corrected chi connectivity index (χ4v) is 4.38. The Kier molecular flexibility index (Phi) is 9.03. The first-order chi connectivity index (χ1) is 18.2. The number of amides is 3. The molecular formula is C26H26F6N4O3. The molecule has 39 heavy (non-hydrogen) atoms. The molecule has 3 amide bonds. The van der Waals surface area contributed by atoms with Gasteiger partial charge in [0.05, 0.1) is 11.4 Å². The van der Waals surface area contributed by atoms with E-state index in [2.05, 4.69) is 10.3 Å². The molecule has 2 aromatic rings. The number of halogens is 6. The quantitative estimate of drug-likeness (QED) is 0.449. The van der Waals surface area contributed by atoms with Gasteiger partial charge in [0, 0.05) is 42.9 Å². The standard InChI is InChI=1S/C26H26F6N4O3/c1-36-19-10-6-5-9-18(19)20(15-7-3-2-4-8-15)34-22(24(36)39)35-23(38)17(12-14-26(30,31)32)16(21(33)37)11-13-25(27,28)29/h2-10,16-17,22H,11-14H2,1H3,(H2,33,37)(H,35,38)/t16-,17+,22-/m1/s1. The molecule has 0 fully saturated rings. The lowest BCUT2D eigenvalue weighted by Gasteiger charge is -2.27. The number of hydrogen-bond donors (Lipinski definition) is 2. The van der Waals surface area contributed by atoms with Crippen LogP contribution < -0.4 is 16.0 Å². The highest BCUT2D eigenvalue weighted by Crippen LogP contribution is 2.33. The molecule has 0 radical (unpaired) electrons. The van der Waals surface area contributed by atoms with Gasteiger partial charge in [0.25, 0.3) is 5.91 Å². The zero-order valence-electron chi connectivity index (χ0n) is 20.7. The van der Waals surface area contributed by atoms with Gasteiger partial charge >= 0.3 is 12.4 Å². The van der Waals surface area contributed by atoms with Crippen molar-refractivity contribution < 1.29 is 40.7 Å². The Morgan fingerprint density at radius 2 is 1.46 bits per heavy atom. The van der Waals surface area contributed by atoms with Crippen LogP contribution >= 0.6 is 0 Å². The van der Waals surface area contributed by atoms with Crippen LogP contribution in [0.4, 0.5) is 32.0 Å². The molecule has 0 saturated carbocycles. The first kappa shape index (κ1) is 29.7. The van der Waals surface area contributed by atoms with Crippen LogP contribution in [0, 0.1) is 11.8 Å². The van der Waals surface area contributed by atoms with E-state index in [0.29, 0.717) is 22.5 Å². The van der Waals surface area contributed by atoms with Gasteiger partial charge in [-0.05, 0) is 18.9 Å². The number of nitrogens with one attached hydrogen (secondary N) is 1. The number of nitrogens with zero attached hydrogens (tertiary/aromatic N) is 2. The fourth-order valence-electron chi connectivity index (χ4n) is 4.38. The minimum atomic E-state index is -4.76. The SMILES string of the molecule is CN1C(=O)[C@@H](NC(=O)[C@@H](CCC(F)(F)F)[C@@H](CCC(F)(F)F)C(N)=O)N=C(c2ccccc2)c2ccccc21. The Hall–Kier alpha value is -3.90. The van der Waals surface area contributed by atoms with Gasteiger partial charge in [-0.15, -0.1) is 0 Å². The number of benzodiazepines with no additional fused rings is 1. The van der Waals surface area contributed by atoms with Crippen molar-refractivity contribution in [3.05, 3.63) is 65.7 Å². The van der Waals surface area contributed by atoms with Crippen LogP contribution in [0.1, 0.15) is 36.8 Å². The van der Waals surface area contributed by atoms with Gasteiger partial charge in [0.2, 0.25) is 18.0 Å². The molecule has 3 rings (SSSR count). The van der Waals surface area contributed by atoms with Gasteiger partial charge in [0.1, 0.15) is 0 Å². The molecule has 0 aromatic heterocycles. The molecule has 0 unspecified atom stereocenters. The number of carbonyl (C=O) groups excluding carboxylic acids is 3. The summed E-state index contributed by atoms with van der Waals surface area (Å²) >= 11 is 0. The van der Waals surface area contributed by atoms with Crippen LogP contribution in [-0.2, 0) is 14.4 Å². The Morgan fingerprint density at radius 1 is 0.923 bits per heavy atom. The minimum Gasteiger partial charge on any atom is -0.369 e. The number of benzene rings is 2. The van der Waals surface area contributed by atoms with Crippen LogP contribution in [0.3, 0.4) is 0 Å². The van der Waals surface area contributed by atoms with E-state index in [1.807, 2.05) is 0 Å². The molecular weight excluding hydrogens is 530 g/mol. The predicted molar refractivity (Wildman–Crippen MR) is 131 cm³/mol. The first-order valence-electron chi connectivity index (χ1n) is 11.9. The van der Waals surface area contributed by atoms with Crippen LogP contribution in [-0.4, -0.2) is 49.0 Å².